The van der Waals surface area contributed by atoms with E-state index >= 15 is 0 Å². The third kappa shape index (κ3) is 1.58. The Kier molecular flexibility index (Phi) is 2.99. The van der Waals surface area contributed by atoms with Crippen molar-refractivity contribution in [3.8, 4) is 0 Å². The van der Waals surface area contributed by atoms with Gasteiger partial charge < -0.3 is 30.3 Å². The molecular formula is C6H12O6. The number of hydrogen-bond acceptors (Lipinski definition) is 6. The molecule has 1 aliphatic rings. The third-order valence-corrected chi connectivity index (χ3v) is 1.84. The molecule has 5 N–H and O–H groups in total. The fourth-order valence-corrected chi connectivity index (χ4v) is 1.11. The first-order chi connectivity index (χ1) is 5.57. The van der Waals surface area contributed by atoms with Gasteiger partial charge in [0, 0.05) is 0 Å². The van der Waals surface area contributed by atoms with Gasteiger partial charge in [-0.2, -0.15) is 0 Å². The van der Waals surface area contributed by atoms with E-state index < -0.39 is 37.3 Å². The van der Waals surface area contributed by atoms with Gasteiger partial charge in [0.05, 0.1) is 6.61 Å². The molecule has 1 saturated heterocycles. The molecule has 0 radical (unpaired) electrons. The van der Waals surface area contributed by atoms with Crippen LogP contribution in [0, 0.1) is 0 Å². The van der Waals surface area contributed by atoms with Gasteiger partial charge in [-0.05, 0) is 0 Å². The van der Waals surface area contributed by atoms with Crippen LogP contribution >= 0.6 is 0 Å². The van der Waals surface area contributed by atoms with Crippen molar-refractivity contribution in [3.63, 3.8) is 0 Å². The lowest BCUT2D eigenvalue weighted by molar-refractivity contribution is -0.150. The summed E-state index contributed by atoms with van der Waals surface area (Å²) < 4.78 is 4.58. The molecule has 1 fully saturated rings. The molecule has 0 amide bonds. The summed E-state index contributed by atoms with van der Waals surface area (Å²) in [6.45, 7) is -0.596. The van der Waals surface area contributed by atoms with E-state index in [1.54, 1.807) is 0 Å². The quantitative estimate of drug-likeness (QED) is 0.306. The molecule has 72 valence electrons. The Hall–Kier alpha value is -0.240. The second kappa shape index (κ2) is 3.65. The summed E-state index contributed by atoms with van der Waals surface area (Å²) in [6.07, 6.45) is -6.75. The molecule has 0 saturated carbocycles. The fraction of sp³-hybridized carbons (Fsp3) is 1.00. The maximum absolute atomic E-state index is 9.12. The Morgan fingerprint density at radius 3 is 2.08 bits per heavy atom. The summed E-state index contributed by atoms with van der Waals surface area (Å²) in [6, 6.07) is 0. The normalized spacial score (nSPS) is 44.8. The van der Waals surface area contributed by atoms with Gasteiger partial charge >= 0.3 is 0 Å². The van der Waals surface area contributed by atoms with Crippen molar-refractivity contribution in [2.45, 2.75) is 30.7 Å². The first-order valence-corrected chi connectivity index (χ1v) is 3.56. The van der Waals surface area contributed by atoms with Crippen LogP contribution in [0.15, 0.2) is 0 Å². The Labute approximate surface area is 68.6 Å². The average Bonchev–Trinajstić information content (AvgIpc) is 2.32. The highest BCUT2D eigenvalue weighted by atomic mass is 16.6. The minimum absolute atomic E-state index is 0.596. The van der Waals surface area contributed by atoms with Gasteiger partial charge in [-0.15, -0.1) is 0 Å². The molecule has 1 aliphatic heterocycles. The predicted molar refractivity (Wildman–Crippen MR) is 36.0 cm³/mol. The van der Waals surface area contributed by atoms with Crippen LogP contribution in [0.5, 0.6) is 0 Å². The molecule has 6 heteroatoms. The molecule has 12 heavy (non-hydrogen) atoms. The van der Waals surface area contributed by atoms with E-state index in [9.17, 15) is 0 Å². The monoisotopic (exact) mass is 180 g/mol. The highest BCUT2D eigenvalue weighted by molar-refractivity contribution is 4.89. The van der Waals surface area contributed by atoms with Crippen LogP contribution in [0.25, 0.3) is 0 Å². The second-order valence-electron chi connectivity index (χ2n) is 2.72. The summed E-state index contributed by atoms with van der Waals surface area (Å²) in [5, 5.41) is 44.4. The van der Waals surface area contributed by atoms with E-state index in [1.807, 2.05) is 0 Å². The number of aliphatic hydroxyl groups is 5. The fourth-order valence-electron chi connectivity index (χ4n) is 1.11. The van der Waals surface area contributed by atoms with Crippen molar-refractivity contribution in [3.05, 3.63) is 0 Å². The van der Waals surface area contributed by atoms with Gasteiger partial charge in [0.15, 0.2) is 6.29 Å². The zero-order valence-electron chi connectivity index (χ0n) is 6.24. The van der Waals surface area contributed by atoms with Gasteiger partial charge in [-0.3, -0.25) is 0 Å². The lowest BCUT2D eigenvalue weighted by Crippen LogP contribution is -2.40. The lowest BCUT2D eigenvalue weighted by Gasteiger charge is -2.18. The highest BCUT2D eigenvalue weighted by Gasteiger charge is 2.44. The molecule has 1 heterocycles. The van der Waals surface area contributed by atoms with Gasteiger partial charge in [0.1, 0.15) is 24.4 Å². The molecule has 0 aliphatic carbocycles. The van der Waals surface area contributed by atoms with E-state index in [0.717, 1.165) is 0 Å². The Bertz CT molecular complexity index is 151. The molecule has 1 rings (SSSR count). The zero-order valence-corrected chi connectivity index (χ0v) is 6.24. The summed E-state index contributed by atoms with van der Waals surface area (Å²) in [5.74, 6) is 0. The topological polar surface area (TPSA) is 110 Å². The Balaban J connectivity index is 2.58. The molecule has 0 aromatic heterocycles. The highest BCUT2D eigenvalue weighted by Crippen LogP contribution is 2.21. The van der Waals surface area contributed by atoms with Crippen LogP contribution in [0.3, 0.4) is 0 Å². The molecule has 1 unspecified atom stereocenters. The van der Waals surface area contributed by atoms with Crippen LogP contribution in [-0.2, 0) is 4.74 Å². The summed E-state index contributed by atoms with van der Waals surface area (Å²) in [5.41, 5.74) is 0. The predicted octanol–water partition coefficient (Wildman–Crippen LogP) is -3.22. The number of hydrogen-bond donors (Lipinski definition) is 5. The minimum Gasteiger partial charge on any atom is -0.394 e. The minimum atomic E-state index is -1.51. The van der Waals surface area contributed by atoms with E-state index in [-0.39, 0.29) is 0 Å². The maximum Gasteiger partial charge on any atom is 0.184 e. The van der Waals surface area contributed by atoms with E-state index in [2.05, 4.69) is 4.74 Å². The number of aliphatic hydroxyl groups excluding tert-OH is 5. The van der Waals surface area contributed by atoms with Crippen molar-refractivity contribution in [1.29, 1.82) is 0 Å². The van der Waals surface area contributed by atoms with Crippen LogP contribution < -0.4 is 0 Å². The van der Waals surface area contributed by atoms with Crippen molar-refractivity contribution < 1.29 is 30.3 Å². The van der Waals surface area contributed by atoms with Crippen LogP contribution in [0.1, 0.15) is 0 Å². The molecule has 0 aromatic rings. The average molecular weight is 180 g/mol. The molecule has 0 aromatic carbocycles. The van der Waals surface area contributed by atoms with Crippen LogP contribution in [0.4, 0.5) is 0 Å². The van der Waals surface area contributed by atoms with Gasteiger partial charge in [0.2, 0.25) is 0 Å². The standard InChI is InChI=1S/C6H12O6/c7-1-2(8)5-3(9)4(10)6(11)12-5/h2-11H,1H2/t2-,3-,4-,5-,6?/m1/s1. The van der Waals surface area contributed by atoms with E-state index in [0.29, 0.717) is 0 Å². The largest absolute Gasteiger partial charge is 0.394 e. The molecule has 5 atom stereocenters. The molecular weight excluding hydrogens is 168 g/mol. The lowest BCUT2D eigenvalue weighted by atomic mass is 10.1. The van der Waals surface area contributed by atoms with E-state index in [4.69, 9.17) is 25.5 Å². The zero-order chi connectivity index (χ0) is 9.30. The van der Waals surface area contributed by atoms with Gasteiger partial charge in [-0.1, -0.05) is 0 Å². The van der Waals surface area contributed by atoms with E-state index in [1.165, 1.54) is 0 Å². The number of rotatable bonds is 2. The Morgan fingerprint density at radius 1 is 1.17 bits per heavy atom. The first kappa shape index (κ1) is 9.85. The molecule has 0 spiro atoms. The molecule has 6 nitrogen and oxygen atoms in total. The smallest absolute Gasteiger partial charge is 0.184 e. The summed E-state index contributed by atoms with van der Waals surface area (Å²) in [4.78, 5) is 0. The third-order valence-electron chi connectivity index (χ3n) is 1.84. The van der Waals surface area contributed by atoms with Crippen molar-refractivity contribution in [1.82, 2.24) is 0 Å². The Morgan fingerprint density at radius 2 is 1.75 bits per heavy atom. The SMILES string of the molecule is OC[C@@H](O)[C@H]1OC(O)[C@H](O)[C@H]1O. The van der Waals surface area contributed by atoms with Crippen molar-refractivity contribution in [2.24, 2.45) is 0 Å². The number of ether oxygens (including phenoxy) is 1. The van der Waals surface area contributed by atoms with Crippen molar-refractivity contribution >= 4 is 0 Å². The van der Waals surface area contributed by atoms with Crippen LogP contribution in [0.2, 0.25) is 0 Å². The summed E-state index contributed by atoms with van der Waals surface area (Å²) >= 11 is 0. The first-order valence-electron chi connectivity index (χ1n) is 3.56. The maximum atomic E-state index is 9.12. The second-order valence-corrected chi connectivity index (χ2v) is 2.72. The van der Waals surface area contributed by atoms with Gasteiger partial charge in [-0.25, -0.2) is 0 Å². The van der Waals surface area contributed by atoms with Crippen LogP contribution in [-0.4, -0.2) is 62.8 Å². The van der Waals surface area contributed by atoms with Gasteiger partial charge in [0.25, 0.3) is 0 Å². The van der Waals surface area contributed by atoms with Crippen molar-refractivity contribution in [2.75, 3.05) is 6.61 Å². The molecule has 0 bridgehead atoms. The summed E-state index contributed by atoms with van der Waals surface area (Å²) in [7, 11) is 0.